The molecule has 0 saturated heterocycles. The van der Waals surface area contributed by atoms with E-state index in [1.54, 1.807) is 0 Å². The van der Waals surface area contributed by atoms with Crippen LogP contribution in [-0.2, 0) is 19.1 Å². The molecule has 0 N–H and O–H groups in total. The van der Waals surface area contributed by atoms with E-state index in [1.165, 1.54) is 12.5 Å². The number of rotatable bonds is 9. The number of hydrogen-bond donors (Lipinski definition) is 0. The highest BCUT2D eigenvalue weighted by molar-refractivity contribution is 5.89. The smallest absolute Gasteiger partial charge is 0.334 e. The number of carbonyl (C=O) groups excluding carboxylic acids is 2. The Kier molecular flexibility index (Phi) is 10.3. The Morgan fingerprint density at radius 3 is 1.88 bits per heavy atom. The topological polar surface area (TPSA) is 52.6 Å². The van der Waals surface area contributed by atoms with Crippen molar-refractivity contribution in [3.8, 4) is 0 Å². The van der Waals surface area contributed by atoms with Gasteiger partial charge >= 0.3 is 11.9 Å². The molecule has 2 atom stereocenters. The molecule has 0 aliphatic rings. The molecule has 0 aromatic heterocycles. The first-order valence-electron chi connectivity index (χ1n) is 8.80. The molecule has 0 aromatic rings. The third-order valence-electron chi connectivity index (χ3n) is 4.41. The van der Waals surface area contributed by atoms with Gasteiger partial charge in [0, 0.05) is 12.5 Å². The summed E-state index contributed by atoms with van der Waals surface area (Å²) in [6.07, 6.45) is 3.02. The van der Waals surface area contributed by atoms with Gasteiger partial charge in [-0.3, -0.25) is 4.79 Å². The fourth-order valence-corrected chi connectivity index (χ4v) is 2.35. The van der Waals surface area contributed by atoms with E-state index in [1.807, 2.05) is 48.5 Å². The fourth-order valence-electron chi connectivity index (χ4n) is 2.35. The summed E-state index contributed by atoms with van der Waals surface area (Å²) in [4.78, 5) is 23.2. The van der Waals surface area contributed by atoms with Crippen LogP contribution in [0, 0.1) is 0 Å². The van der Waals surface area contributed by atoms with Crippen LogP contribution in [0.1, 0.15) is 81.1 Å². The molecule has 24 heavy (non-hydrogen) atoms. The maximum Gasteiger partial charge on any atom is 0.334 e. The minimum atomic E-state index is -0.257. The van der Waals surface area contributed by atoms with E-state index in [-0.39, 0.29) is 24.1 Å². The van der Waals surface area contributed by atoms with Crippen LogP contribution in [0.4, 0.5) is 0 Å². The average molecular weight is 338 g/mol. The van der Waals surface area contributed by atoms with E-state index in [0.29, 0.717) is 5.57 Å². The molecular weight excluding hydrogens is 304 g/mol. The van der Waals surface area contributed by atoms with Crippen molar-refractivity contribution >= 4 is 11.9 Å². The summed E-state index contributed by atoms with van der Waals surface area (Å²) in [5.74, 6) is -0.500. The van der Waals surface area contributed by atoms with Crippen LogP contribution in [-0.4, -0.2) is 24.1 Å². The first kappa shape index (κ1) is 22.4. The van der Waals surface area contributed by atoms with Gasteiger partial charge in [0.05, 0.1) is 6.10 Å². The molecule has 0 amide bonds. The van der Waals surface area contributed by atoms with E-state index in [0.717, 1.165) is 36.8 Å². The fraction of sp³-hybridized carbons (Fsp3) is 0.700. The molecule has 0 saturated carbocycles. The third-order valence-corrected chi connectivity index (χ3v) is 4.41. The quantitative estimate of drug-likeness (QED) is 0.332. The van der Waals surface area contributed by atoms with Gasteiger partial charge in [-0.15, -0.1) is 0 Å². The van der Waals surface area contributed by atoms with Crippen LogP contribution in [0.3, 0.4) is 0 Å². The highest BCUT2D eigenvalue weighted by Crippen LogP contribution is 2.19. The minimum Gasteiger partial charge on any atom is -0.463 e. The van der Waals surface area contributed by atoms with Crippen molar-refractivity contribution in [3.63, 3.8) is 0 Å². The molecule has 0 aromatic carbocycles. The van der Waals surface area contributed by atoms with E-state index >= 15 is 0 Å². The molecule has 2 unspecified atom stereocenters. The standard InChI is InChI=1S/C20H34O4/c1-9-19(24-18(8)21)12-10-11-14(4)23-20(22)17(7)16(6)15(5)13(2)3/h14,19H,9-12H2,1-8H3/b17-16+. The van der Waals surface area contributed by atoms with Crippen LogP contribution < -0.4 is 0 Å². The maximum absolute atomic E-state index is 12.2. The van der Waals surface area contributed by atoms with Gasteiger partial charge in [-0.2, -0.15) is 0 Å². The molecule has 138 valence electrons. The van der Waals surface area contributed by atoms with Crippen LogP contribution >= 0.6 is 0 Å². The average Bonchev–Trinajstić information content (AvgIpc) is 2.50. The van der Waals surface area contributed by atoms with Gasteiger partial charge in [0.2, 0.25) is 0 Å². The van der Waals surface area contributed by atoms with Crippen molar-refractivity contribution in [2.45, 2.75) is 93.3 Å². The van der Waals surface area contributed by atoms with E-state index in [9.17, 15) is 9.59 Å². The lowest BCUT2D eigenvalue weighted by Crippen LogP contribution is -2.19. The molecule has 0 spiro atoms. The predicted octanol–water partition coefficient (Wildman–Crippen LogP) is 5.12. The monoisotopic (exact) mass is 338 g/mol. The Morgan fingerprint density at radius 2 is 1.42 bits per heavy atom. The summed E-state index contributed by atoms with van der Waals surface area (Å²) >= 11 is 0. The van der Waals surface area contributed by atoms with Crippen molar-refractivity contribution in [1.29, 1.82) is 0 Å². The van der Waals surface area contributed by atoms with E-state index in [4.69, 9.17) is 9.47 Å². The maximum atomic E-state index is 12.2. The predicted molar refractivity (Wildman–Crippen MR) is 97.7 cm³/mol. The van der Waals surface area contributed by atoms with Crippen LogP contribution in [0.5, 0.6) is 0 Å². The Morgan fingerprint density at radius 1 is 0.833 bits per heavy atom. The first-order chi connectivity index (χ1) is 11.1. The van der Waals surface area contributed by atoms with Gasteiger partial charge < -0.3 is 9.47 Å². The van der Waals surface area contributed by atoms with Crippen LogP contribution in [0.2, 0.25) is 0 Å². The number of hydrogen-bond acceptors (Lipinski definition) is 4. The van der Waals surface area contributed by atoms with Crippen LogP contribution in [0.15, 0.2) is 22.3 Å². The summed E-state index contributed by atoms with van der Waals surface area (Å²) < 4.78 is 10.8. The number of ether oxygens (including phenoxy) is 2. The molecule has 4 heteroatoms. The zero-order valence-corrected chi connectivity index (χ0v) is 16.6. The lowest BCUT2D eigenvalue weighted by molar-refractivity contribution is -0.146. The molecule has 0 heterocycles. The van der Waals surface area contributed by atoms with Gasteiger partial charge in [-0.05, 0) is 78.4 Å². The van der Waals surface area contributed by atoms with Crippen molar-refractivity contribution in [2.75, 3.05) is 0 Å². The molecule has 0 aliphatic carbocycles. The Labute approximate surface area is 147 Å². The highest BCUT2D eigenvalue weighted by Gasteiger charge is 2.16. The number of esters is 2. The molecule has 0 radical (unpaired) electrons. The van der Waals surface area contributed by atoms with Gasteiger partial charge in [0.25, 0.3) is 0 Å². The second-order valence-electron chi connectivity index (χ2n) is 6.66. The Hall–Kier alpha value is -1.58. The number of carbonyl (C=O) groups is 2. The Balaban J connectivity index is 4.49. The van der Waals surface area contributed by atoms with Gasteiger partial charge in [0.15, 0.2) is 0 Å². The lowest BCUT2D eigenvalue weighted by Gasteiger charge is -2.18. The first-order valence-corrected chi connectivity index (χ1v) is 8.80. The van der Waals surface area contributed by atoms with Crippen molar-refractivity contribution in [3.05, 3.63) is 22.3 Å². The molecule has 0 bridgehead atoms. The normalized spacial score (nSPS) is 14.3. The molecule has 0 rings (SSSR count). The van der Waals surface area contributed by atoms with Crippen molar-refractivity contribution in [1.82, 2.24) is 0 Å². The Bertz CT molecular complexity index is 496. The summed E-state index contributed by atoms with van der Waals surface area (Å²) in [6, 6.07) is 0. The second-order valence-corrected chi connectivity index (χ2v) is 6.66. The summed E-state index contributed by atoms with van der Waals surface area (Å²) in [5.41, 5.74) is 3.97. The highest BCUT2D eigenvalue weighted by atomic mass is 16.5. The zero-order valence-electron chi connectivity index (χ0n) is 16.6. The molecular formula is C20H34O4. The molecule has 0 fully saturated rings. The third kappa shape index (κ3) is 8.32. The number of allylic oxidation sites excluding steroid dienone is 3. The molecule has 0 aliphatic heterocycles. The lowest BCUT2D eigenvalue weighted by atomic mass is 10.0. The minimum absolute atomic E-state index is 0.0467. The van der Waals surface area contributed by atoms with Crippen molar-refractivity contribution in [2.24, 2.45) is 0 Å². The summed E-state index contributed by atoms with van der Waals surface area (Å²) in [7, 11) is 0. The van der Waals surface area contributed by atoms with Gasteiger partial charge in [-0.1, -0.05) is 12.5 Å². The summed E-state index contributed by atoms with van der Waals surface area (Å²) in [5, 5.41) is 0. The van der Waals surface area contributed by atoms with Crippen LogP contribution in [0.25, 0.3) is 0 Å². The SMILES string of the molecule is CCC(CCCC(C)OC(=O)/C(C)=C(\C)C(C)=C(C)C)OC(C)=O. The largest absolute Gasteiger partial charge is 0.463 e. The van der Waals surface area contributed by atoms with Gasteiger partial charge in [-0.25, -0.2) is 4.79 Å². The summed E-state index contributed by atoms with van der Waals surface area (Å²) in [6.45, 7) is 15.2. The van der Waals surface area contributed by atoms with E-state index in [2.05, 4.69) is 0 Å². The second kappa shape index (κ2) is 11.1. The zero-order chi connectivity index (χ0) is 18.9. The van der Waals surface area contributed by atoms with Crippen molar-refractivity contribution < 1.29 is 19.1 Å². The van der Waals surface area contributed by atoms with Gasteiger partial charge in [0.1, 0.15) is 6.10 Å². The van der Waals surface area contributed by atoms with E-state index < -0.39 is 0 Å². The molecule has 4 nitrogen and oxygen atoms in total.